The summed E-state index contributed by atoms with van der Waals surface area (Å²) >= 11 is 0. The smallest absolute Gasteiger partial charge is 0.0547 e. The Labute approximate surface area is 259 Å². The fourth-order valence-electron chi connectivity index (χ4n) is 7.46. The van der Waals surface area contributed by atoms with Crippen LogP contribution in [0.3, 0.4) is 0 Å². The second kappa shape index (κ2) is 9.22. The number of hydrogen-bond acceptors (Lipinski definition) is 0. The molecule has 10 rings (SSSR count). The Balaban J connectivity index is 1.27. The standard InChI is InChI=1S/C42H27N3/c1-3-11-29(12-4-1)43-24-23-34-35-27-42-36(25-28(35)19-21-38(34)43)32-15-7-10-18-40(32)45(42)31-20-22-41-37(26-31)33-16-8-9-17-39(33)44(41)30-13-5-2-6-14-30/h1-27H. The van der Waals surface area contributed by atoms with Crippen molar-refractivity contribution in [3.05, 3.63) is 164 Å². The average Bonchev–Trinajstić information content (AvgIpc) is 3.78. The molecule has 0 radical (unpaired) electrons. The van der Waals surface area contributed by atoms with E-state index in [1.807, 2.05) is 0 Å². The molecule has 0 saturated carbocycles. The summed E-state index contributed by atoms with van der Waals surface area (Å²) in [6.07, 6.45) is 2.19. The van der Waals surface area contributed by atoms with Gasteiger partial charge in [0.2, 0.25) is 0 Å². The zero-order valence-electron chi connectivity index (χ0n) is 24.4. The molecule has 3 heteroatoms. The van der Waals surface area contributed by atoms with Crippen molar-refractivity contribution in [3.8, 4) is 17.1 Å². The van der Waals surface area contributed by atoms with Gasteiger partial charge >= 0.3 is 0 Å². The van der Waals surface area contributed by atoms with Crippen molar-refractivity contribution >= 4 is 65.3 Å². The molecule has 0 saturated heterocycles. The molecule has 0 bridgehead atoms. The van der Waals surface area contributed by atoms with Crippen LogP contribution in [0.2, 0.25) is 0 Å². The maximum atomic E-state index is 2.45. The molecule has 0 spiro atoms. The molecule has 10 aromatic rings. The summed E-state index contributed by atoms with van der Waals surface area (Å²) in [6.45, 7) is 0. The van der Waals surface area contributed by atoms with E-state index in [0.717, 1.165) is 5.69 Å². The molecule has 0 fully saturated rings. The molecule has 0 N–H and O–H groups in total. The largest absolute Gasteiger partial charge is 0.317 e. The summed E-state index contributed by atoms with van der Waals surface area (Å²) in [4.78, 5) is 0. The van der Waals surface area contributed by atoms with E-state index in [9.17, 15) is 0 Å². The number of fused-ring (bicyclic) bond motifs is 9. The summed E-state index contributed by atoms with van der Waals surface area (Å²) < 4.78 is 7.11. The highest BCUT2D eigenvalue weighted by Crippen LogP contribution is 2.39. The second-order valence-electron chi connectivity index (χ2n) is 11.9. The molecule has 3 heterocycles. The van der Waals surface area contributed by atoms with Crippen LogP contribution < -0.4 is 0 Å². The van der Waals surface area contributed by atoms with Crippen LogP contribution in [0.1, 0.15) is 0 Å². The first-order valence-corrected chi connectivity index (χ1v) is 15.4. The van der Waals surface area contributed by atoms with Gasteiger partial charge in [0.05, 0.1) is 27.6 Å². The predicted octanol–water partition coefficient (Wildman–Crippen LogP) is 11.0. The lowest BCUT2D eigenvalue weighted by Crippen LogP contribution is -1.95. The summed E-state index contributed by atoms with van der Waals surface area (Å²) in [6, 6.07) is 57.3. The second-order valence-corrected chi connectivity index (χ2v) is 11.9. The van der Waals surface area contributed by atoms with Crippen molar-refractivity contribution in [2.45, 2.75) is 0 Å². The summed E-state index contributed by atoms with van der Waals surface area (Å²) in [5.74, 6) is 0. The third-order valence-corrected chi connectivity index (χ3v) is 9.44. The predicted molar refractivity (Wildman–Crippen MR) is 189 cm³/mol. The van der Waals surface area contributed by atoms with Gasteiger partial charge in [-0.25, -0.2) is 0 Å². The lowest BCUT2D eigenvalue weighted by Gasteiger charge is -2.11. The van der Waals surface area contributed by atoms with E-state index in [1.54, 1.807) is 0 Å². The number of rotatable bonds is 3. The molecule has 0 unspecified atom stereocenters. The lowest BCUT2D eigenvalue weighted by molar-refractivity contribution is 1.13. The maximum absolute atomic E-state index is 2.45. The molecular weight excluding hydrogens is 546 g/mol. The lowest BCUT2D eigenvalue weighted by atomic mass is 10.0. The maximum Gasteiger partial charge on any atom is 0.0547 e. The monoisotopic (exact) mass is 573 g/mol. The van der Waals surface area contributed by atoms with Crippen LogP contribution in [0.15, 0.2) is 164 Å². The van der Waals surface area contributed by atoms with Crippen molar-refractivity contribution in [3.63, 3.8) is 0 Å². The number of hydrogen-bond donors (Lipinski definition) is 0. The summed E-state index contributed by atoms with van der Waals surface area (Å²) in [7, 11) is 0. The zero-order valence-corrected chi connectivity index (χ0v) is 24.4. The van der Waals surface area contributed by atoms with Crippen molar-refractivity contribution in [2.24, 2.45) is 0 Å². The number of nitrogens with zero attached hydrogens (tertiary/aromatic N) is 3. The van der Waals surface area contributed by atoms with Crippen molar-refractivity contribution in [1.29, 1.82) is 0 Å². The minimum Gasteiger partial charge on any atom is -0.317 e. The minimum atomic E-state index is 1.16. The van der Waals surface area contributed by atoms with Crippen LogP contribution >= 0.6 is 0 Å². The van der Waals surface area contributed by atoms with E-state index in [2.05, 4.69) is 178 Å². The molecule has 45 heavy (non-hydrogen) atoms. The molecular formula is C42H27N3. The van der Waals surface area contributed by atoms with Gasteiger partial charge in [0.1, 0.15) is 0 Å². The van der Waals surface area contributed by atoms with E-state index in [-0.39, 0.29) is 0 Å². The molecule has 0 aliphatic rings. The average molecular weight is 574 g/mol. The number of benzene rings is 7. The molecule has 0 amide bonds. The molecule has 0 aliphatic carbocycles. The molecule has 3 aromatic heterocycles. The van der Waals surface area contributed by atoms with Gasteiger partial charge in [-0.1, -0.05) is 78.9 Å². The van der Waals surface area contributed by atoms with E-state index in [4.69, 9.17) is 0 Å². The van der Waals surface area contributed by atoms with Gasteiger partial charge in [-0.2, -0.15) is 0 Å². The van der Waals surface area contributed by atoms with Gasteiger partial charge < -0.3 is 13.7 Å². The quantitative estimate of drug-likeness (QED) is 0.200. The number of para-hydroxylation sites is 4. The van der Waals surface area contributed by atoms with E-state index in [1.165, 1.54) is 76.7 Å². The SMILES string of the molecule is c1ccc(-n2ccc3c4cc5c(cc4ccc32)c2ccccc2n5-c2ccc3c(c2)c2ccccc2n3-c2ccccc2)cc1. The molecule has 0 aliphatic heterocycles. The summed E-state index contributed by atoms with van der Waals surface area (Å²) in [5, 5.41) is 8.83. The third kappa shape index (κ3) is 3.46. The Kier molecular flexibility index (Phi) is 5.00. The minimum absolute atomic E-state index is 1.16. The topological polar surface area (TPSA) is 14.8 Å². The molecule has 3 nitrogen and oxygen atoms in total. The van der Waals surface area contributed by atoms with Crippen molar-refractivity contribution in [1.82, 2.24) is 13.7 Å². The van der Waals surface area contributed by atoms with Gasteiger partial charge in [-0.15, -0.1) is 0 Å². The fourth-order valence-corrected chi connectivity index (χ4v) is 7.46. The molecule has 7 aromatic carbocycles. The van der Waals surface area contributed by atoms with Gasteiger partial charge in [0.25, 0.3) is 0 Å². The zero-order chi connectivity index (χ0) is 29.5. The number of aromatic nitrogens is 3. The van der Waals surface area contributed by atoms with Crippen LogP contribution in [-0.2, 0) is 0 Å². The fraction of sp³-hybridized carbons (Fsp3) is 0. The Bertz CT molecular complexity index is 2740. The molecule has 210 valence electrons. The first-order valence-electron chi connectivity index (χ1n) is 15.4. The van der Waals surface area contributed by atoms with Crippen LogP contribution in [-0.4, -0.2) is 13.7 Å². The Morgan fingerprint density at radius 2 is 0.844 bits per heavy atom. The first-order chi connectivity index (χ1) is 22.3. The van der Waals surface area contributed by atoms with Crippen LogP contribution in [0.5, 0.6) is 0 Å². The van der Waals surface area contributed by atoms with Crippen molar-refractivity contribution < 1.29 is 0 Å². The summed E-state index contributed by atoms with van der Waals surface area (Å²) in [5.41, 5.74) is 9.58. The van der Waals surface area contributed by atoms with E-state index in [0.29, 0.717) is 0 Å². The highest BCUT2D eigenvalue weighted by molar-refractivity contribution is 6.18. The van der Waals surface area contributed by atoms with Gasteiger partial charge in [-0.3, -0.25) is 0 Å². The van der Waals surface area contributed by atoms with Gasteiger partial charge in [0, 0.05) is 50.2 Å². The van der Waals surface area contributed by atoms with E-state index < -0.39 is 0 Å². The van der Waals surface area contributed by atoms with Crippen LogP contribution in [0.4, 0.5) is 0 Å². The highest BCUT2D eigenvalue weighted by atomic mass is 15.0. The normalized spacial score (nSPS) is 12.0. The van der Waals surface area contributed by atoms with Crippen LogP contribution in [0, 0.1) is 0 Å². The third-order valence-electron chi connectivity index (χ3n) is 9.44. The Morgan fingerprint density at radius 1 is 0.289 bits per heavy atom. The Hall–Kier alpha value is -6.06. The molecule has 0 atom stereocenters. The van der Waals surface area contributed by atoms with Crippen molar-refractivity contribution in [2.75, 3.05) is 0 Å². The highest BCUT2D eigenvalue weighted by Gasteiger charge is 2.18. The van der Waals surface area contributed by atoms with Gasteiger partial charge in [0.15, 0.2) is 0 Å². The van der Waals surface area contributed by atoms with Gasteiger partial charge in [-0.05, 0) is 89.6 Å². The first kappa shape index (κ1) is 24.4. The Morgan fingerprint density at radius 3 is 1.58 bits per heavy atom. The van der Waals surface area contributed by atoms with E-state index >= 15 is 0 Å². The van der Waals surface area contributed by atoms with Crippen LogP contribution in [0.25, 0.3) is 82.3 Å².